The molecule has 0 radical (unpaired) electrons. The molecule has 0 saturated carbocycles. The molecule has 2 rings (SSSR count). The first-order valence-corrected chi connectivity index (χ1v) is 9.62. The Morgan fingerprint density at radius 3 is 2.24 bits per heavy atom. The number of hydrogen-bond donors (Lipinski definition) is 1. The fraction of sp³-hybridized carbons (Fsp3) is 0.333. The Hall–Kier alpha value is -2.25. The fourth-order valence-electron chi connectivity index (χ4n) is 2.14. The second kappa shape index (κ2) is 9.29. The highest BCUT2D eigenvalue weighted by Gasteiger charge is 2.17. The monoisotopic (exact) mass is 365 g/mol. The van der Waals surface area contributed by atoms with Gasteiger partial charge in [-0.25, -0.2) is 13.1 Å². The van der Waals surface area contributed by atoms with Gasteiger partial charge in [0.1, 0.15) is 12.4 Å². The maximum Gasteiger partial charge on any atom is 0.240 e. The van der Waals surface area contributed by atoms with Crippen molar-refractivity contribution >= 4 is 10.0 Å². The van der Waals surface area contributed by atoms with Crippen LogP contribution >= 0.6 is 0 Å². The number of ether oxygens (including phenoxy) is 3. The number of rotatable bonds is 10. The Bertz CT molecular complexity index is 762. The Morgan fingerprint density at radius 1 is 0.880 bits per heavy atom. The number of para-hydroxylation sites is 1. The van der Waals surface area contributed by atoms with Gasteiger partial charge in [-0.15, -0.1) is 0 Å². The predicted molar refractivity (Wildman–Crippen MR) is 95.9 cm³/mol. The highest BCUT2D eigenvalue weighted by atomic mass is 32.2. The molecule has 0 aliphatic carbocycles. The SMILES string of the molecule is CCOc1ccc(S(=O)(=O)NCCOc2ccccc2)cc1OCC. The van der Waals surface area contributed by atoms with Gasteiger partial charge in [-0.1, -0.05) is 18.2 Å². The van der Waals surface area contributed by atoms with E-state index < -0.39 is 10.0 Å². The Morgan fingerprint density at radius 2 is 1.56 bits per heavy atom. The molecule has 0 aliphatic heterocycles. The summed E-state index contributed by atoms with van der Waals surface area (Å²) in [7, 11) is -3.65. The van der Waals surface area contributed by atoms with Crippen LogP contribution in [0.1, 0.15) is 13.8 Å². The average Bonchev–Trinajstić information content (AvgIpc) is 2.61. The van der Waals surface area contributed by atoms with Crippen LogP contribution in [0.15, 0.2) is 53.4 Å². The van der Waals surface area contributed by atoms with E-state index in [1.165, 1.54) is 12.1 Å². The summed E-state index contributed by atoms with van der Waals surface area (Å²) in [4.78, 5) is 0.124. The molecular formula is C18H23NO5S. The largest absolute Gasteiger partial charge is 0.492 e. The number of nitrogens with one attached hydrogen (secondary N) is 1. The Balaban J connectivity index is 1.99. The van der Waals surface area contributed by atoms with Crippen molar-refractivity contribution in [2.45, 2.75) is 18.7 Å². The highest BCUT2D eigenvalue weighted by molar-refractivity contribution is 7.89. The second-order valence-corrected chi connectivity index (χ2v) is 6.80. The van der Waals surface area contributed by atoms with Crippen LogP contribution in [0.3, 0.4) is 0 Å². The van der Waals surface area contributed by atoms with Crippen molar-refractivity contribution in [3.05, 3.63) is 48.5 Å². The molecule has 25 heavy (non-hydrogen) atoms. The smallest absolute Gasteiger partial charge is 0.240 e. The van der Waals surface area contributed by atoms with Crippen LogP contribution < -0.4 is 18.9 Å². The van der Waals surface area contributed by atoms with E-state index >= 15 is 0 Å². The molecule has 136 valence electrons. The molecule has 0 spiro atoms. The molecule has 0 unspecified atom stereocenters. The number of sulfonamides is 1. The van der Waals surface area contributed by atoms with Crippen LogP contribution in [0.4, 0.5) is 0 Å². The lowest BCUT2D eigenvalue weighted by atomic mass is 10.3. The van der Waals surface area contributed by atoms with Crippen LogP contribution in [-0.2, 0) is 10.0 Å². The number of benzene rings is 2. The summed E-state index contributed by atoms with van der Waals surface area (Å²) in [6.07, 6.45) is 0. The first-order valence-electron chi connectivity index (χ1n) is 8.14. The van der Waals surface area contributed by atoms with E-state index in [1.807, 2.05) is 44.2 Å². The zero-order valence-corrected chi connectivity index (χ0v) is 15.2. The zero-order valence-electron chi connectivity index (χ0n) is 14.4. The minimum atomic E-state index is -3.65. The molecule has 0 amide bonds. The number of hydrogen-bond acceptors (Lipinski definition) is 5. The second-order valence-electron chi connectivity index (χ2n) is 5.03. The van der Waals surface area contributed by atoms with Crippen LogP contribution in [0.25, 0.3) is 0 Å². The van der Waals surface area contributed by atoms with Gasteiger partial charge in [-0.05, 0) is 38.1 Å². The lowest BCUT2D eigenvalue weighted by Crippen LogP contribution is -2.28. The third kappa shape index (κ3) is 5.65. The molecule has 0 bridgehead atoms. The molecule has 0 aromatic heterocycles. The summed E-state index contributed by atoms with van der Waals surface area (Å²) < 4.78 is 43.7. The van der Waals surface area contributed by atoms with Crippen molar-refractivity contribution in [1.82, 2.24) is 4.72 Å². The van der Waals surface area contributed by atoms with Gasteiger partial charge in [0.05, 0.1) is 18.1 Å². The quantitative estimate of drug-likeness (QED) is 0.656. The zero-order chi connectivity index (χ0) is 18.1. The van der Waals surface area contributed by atoms with Gasteiger partial charge in [-0.3, -0.25) is 0 Å². The molecule has 0 saturated heterocycles. The van der Waals surface area contributed by atoms with Gasteiger partial charge in [0.15, 0.2) is 11.5 Å². The van der Waals surface area contributed by atoms with Crippen molar-refractivity contribution in [2.75, 3.05) is 26.4 Å². The summed E-state index contributed by atoms with van der Waals surface area (Å²) in [5, 5.41) is 0. The molecule has 7 heteroatoms. The van der Waals surface area contributed by atoms with Crippen molar-refractivity contribution < 1.29 is 22.6 Å². The van der Waals surface area contributed by atoms with E-state index in [4.69, 9.17) is 14.2 Å². The molecule has 2 aromatic rings. The van der Waals surface area contributed by atoms with E-state index in [2.05, 4.69) is 4.72 Å². The van der Waals surface area contributed by atoms with Crippen molar-refractivity contribution in [1.29, 1.82) is 0 Å². The van der Waals surface area contributed by atoms with E-state index in [-0.39, 0.29) is 18.0 Å². The van der Waals surface area contributed by atoms with Crippen molar-refractivity contribution in [3.63, 3.8) is 0 Å². The van der Waals surface area contributed by atoms with E-state index in [9.17, 15) is 8.42 Å². The van der Waals surface area contributed by atoms with E-state index in [1.54, 1.807) is 6.07 Å². The topological polar surface area (TPSA) is 73.9 Å². The van der Waals surface area contributed by atoms with Crippen LogP contribution in [0.2, 0.25) is 0 Å². The minimum Gasteiger partial charge on any atom is -0.492 e. The lowest BCUT2D eigenvalue weighted by molar-refractivity contribution is 0.287. The summed E-state index contributed by atoms with van der Waals surface area (Å²) in [6, 6.07) is 13.8. The fourth-order valence-corrected chi connectivity index (χ4v) is 3.17. The van der Waals surface area contributed by atoms with Crippen LogP contribution in [0, 0.1) is 0 Å². The molecule has 1 N–H and O–H groups in total. The van der Waals surface area contributed by atoms with Crippen LogP contribution in [0.5, 0.6) is 17.2 Å². The normalized spacial score (nSPS) is 11.1. The molecule has 6 nitrogen and oxygen atoms in total. The van der Waals surface area contributed by atoms with Crippen molar-refractivity contribution in [3.8, 4) is 17.2 Å². The first-order chi connectivity index (χ1) is 12.1. The van der Waals surface area contributed by atoms with Gasteiger partial charge in [0.25, 0.3) is 0 Å². The molecule has 0 atom stereocenters. The van der Waals surface area contributed by atoms with E-state index in [0.29, 0.717) is 30.5 Å². The first kappa shape index (κ1) is 19.1. The van der Waals surface area contributed by atoms with Crippen molar-refractivity contribution in [2.24, 2.45) is 0 Å². The van der Waals surface area contributed by atoms with Gasteiger partial charge < -0.3 is 14.2 Å². The third-order valence-electron chi connectivity index (χ3n) is 3.23. The summed E-state index contributed by atoms with van der Waals surface area (Å²) in [5.74, 6) is 1.63. The maximum absolute atomic E-state index is 12.4. The van der Waals surface area contributed by atoms with Gasteiger partial charge in [-0.2, -0.15) is 0 Å². The third-order valence-corrected chi connectivity index (χ3v) is 4.69. The van der Waals surface area contributed by atoms with Crippen LogP contribution in [-0.4, -0.2) is 34.8 Å². The minimum absolute atomic E-state index is 0.124. The molecular weight excluding hydrogens is 342 g/mol. The predicted octanol–water partition coefficient (Wildman–Crippen LogP) is 2.84. The summed E-state index contributed by atoms with van der Waals surface area (Å²) in [6.45, 7) is 4.97. The average molecular weight is 365 g/mol. The maximum atomic E-state index is 12.4. The van der Waals surface area contributed by atoms with Gasteiger partial charge in [0.2, 0.25) is 10.0 Å². The highest BCUT2D eigenvalue weighted by Crippen LogP contribution is 2.30. The van der Waals surface area contributed by atoms with Gasteiger partial charge >= 0.3 is 0 Å². The molecule has 0 aliphatic rings. The Labute approximate surface area is 148 Å². The molecule has 2 aromatic carbocycles. The van der Waals surface area contributed by atoms with E-state index in [0.717, 1.165) is 0 Å². The lowest BCUT2D eigenvalue weighted by Gasteiger charge is -2.13. The molecule has 0 fully saturated rings. The summed E-state index contributed by atoms with van der Waals surface area (Å²) in [5.41, 5.74) is 0. The Kier molecular flexibility index (Phi) is 7.09. The van der Waals surface area contributed by atoms with Gasteiger partial charge in [0, 0.05) is 12.6 Å². The standard InChI is InChI=1S/C18H23NO5S/c1-3-22-17-11-10-16(14-18(17)23-4-2)25(20,21)19-12-13-24-15-8-6-5-7-9-15/h5-11,14,19H,3-4,12-13H2,1-2H3. The molecule has 0 heterocycles. The summed E-state index contributed by atoms with van der Waals surface area (Å²) >= 11 is 0.